The number of hydrogen-bond donors (Lipinski definition) is 2. The van der Waals surface area contributed by atoms with Gasteiger partial charge in [-0.15, -0.1) is 0 Å². The third-order valence-electron chi connectivity index (χ3n) is 8.74. The predicted octanol–water partition coefficient (Wildman–Crippen LogP) is 2.36. The minimum absolute atomic E-state index is 0.0381. The number of ether oxygens (including phenoxy) is 2. The zero-order valence-electron chi connectivity index (χ0n) is 26.4. The van der Waals surface area contributed by atoms with Crippen molar-refractivity contribution in [1.29, 1.82) is 0 Å². The van der Waals surface area contributed by atoms with Crippen LogP contribution in [0.3, 0.4) is 0 Å². The molecule has 3 fully saturated rings. The number of fused-ring (bicyclic) bond motifs is 1. The highest BCUT2D eigenvalue weighted by molar-refractivity contribution is 5.98. The lowest BCUT2D eigenvalue weighted by Crippen LogP contribution is -2.52. The van der Waals surface area contributed by atoms with E-state index in [-0.39, 0.29) is 59.8 Å². The molecule has 3 heterocycles. The SMILES string of the molecule is CCCCOC(=O)N1CCN(C(=O)CNC(=O)c2cc(OCC(=O)N3CCCC3C(=O)NC3CCC3)c3cc(F)c(F)cc3n2)CC1. The number of hydrogen-bond acceptors (Lipinski definition) is 8. The van der Waals surface area contributed by atoms with E-state index in [0.29, 0.717) is 39.1 Å². The van der Waals surface area contributed by atoms with Gasteiger partial charge < -0.3 is 34.8 Å². The van der Waals surface area contributed by atoms with Crippen LogP contribution in [0, 0.1) is 11.6 Å². The fourth-order valence-corrected chi connectivity index (χ4v) is 5.73. The molecule has 0 bridgehead atoms. The summed E-state index contributed by atoms with van der Waals surface area (Å²) in [6.07, 6.45) is 5.32. The van der Waals surface area contributed by atoms with Gasteiger partial charge in [-0.25, -0.2) is 18.6 Å². The molecule has 1 atom stereocenters. The lowest BCUT2D eigenvalue weighted by Gasteiger charge is -2.34. The maximum Gasteiger partial charge on any atom is 0.409 e. The fraction of sp³-hybridized carbons (Fsp3) is 0.562. The van der Waals surface area contributed by atoms with Crippen molar-refractivity contribution in [3.63, 3.8) is 0 Å². The van der Waals surface area contributed by atoms with E-state index in [0.717, 1.165) is 44.2 Å². The summed E-state index contributed by atoms with van der Waals surface area (Å²) in [4.78, 5) is 72.6. The second kappa shape index (κ2) is 15.4. The second-order valence-electron chi connectivity index (χ2n) is 12.0. The molecular formula is C32H40F2N6O7. The van der Waals surface area contributed by atoms with Crippen LogP contribution in [-0.2, 0) is 19.1 Å². The molecule has 2 aliphatic heterocycles. The molecule has 1 aromatic heterocycles. The molecule has 2 aromatic rings. The number of amides is 5. The second-order valence-corrected chi connectivity index (χ2v) is 12.0. The Labute approximate surface area is 270 Å². The molecule has 0 spiro atoms. The average molecular weight is 659 g/mol. The van der Waals surface area contributed by atoms with Gasteiger partial charge in [0, 0.05) is 56.3 Å². The van der Waals surface area contributed by atoms with E-state index in [1.165, 1.54) is 20.8 Å². The molecule has 1 saturated carbocycles. The third-order valence-corrected chi connectivity index (χ3v) is 8.74. The monoisotopic (exact) mass is 658 g/mol. The van der Waals surface area contributed by atoms with Gasteiger partial charge in [0.15, 0.2) is 18.2 Å². The Balaban J connectivity index is 1.20. The molecule has 15 heteroatoms. The van der Waals surface area contributed by atoms with E-state index in [9.17, 15) is 32.8 Å². The van der Waals surface area contributed by atoms with Crippen LogP contribution in [0.5, 0.6) is 5.75 Å². The number of rotatable bonds is 11. The Hall–Kier alpha value is -4.56. The predicted molar refractivity (Wildman–Crippen MR) is 164 cm³/mol. The van der Waals surface area contributed by atoms with Gasteiger partial charge in [0.05, 0.1) is 18.7 Å². The molecular weight excluding hydrogens is 618 g/mol. The first-order valence-electron chi connectivity index (χ1n) is 16.1. The number of aromatic nitrogens is 1. The van der Waals surface area contributed by atoms with Crippen LogP contribution in [-0.4, -0.2) is 114 Å². The van der Waals surface area contributed by atoms with Gasteiger partial charge in [0.25, 0.3) is 11.8 Å². The Kier molecular flexibility index (Phi) is 11.0. The smallest absolute Gasteiger partial charge is 0.409 e. The van der Waals surface area contributed by atoms with E-state index in [1.54, 1.807) is 0 Å². The summed E-state index contributed by atoms with van der Waals surface area (Å²) >= 11 is 0. The lowest BCUT2D eigenvalue weighted by atomic mass is 9.93. The molecule has 1 unspecified atom stereocenters. The number of carbonyl (C=O) groups excluding carboxylic acids is 5. The Bertz CT molecular complexity index is 1510. The summed E-state index contributed by atoms with van der Waals surface area (Å²) in [5.41, 5.74) is -0.330. The highest BCUT2D eigenvalue weighted by Gasteiger charge is 2.36. The zero-order valence-corrected chi connectivity index (χ0v) is 26.4. The largest absolute Gasteiger partial charge is 0.483 e. The molecule has 13 nitrogen and oxygen atoms in total. The number of nitrogens with zero attached hydrogens (tertiary/aromatic N) is 4. The van der Waals surface area contributed by atoms with Gasteiger partial charge in [-0.2, -0.15) is 0 Å². The van der Waals surface area contributed by atoms with Gasteiger partial charge in [-0.1, -0.05) is 13.3 Å². The number of halogens is 2. The van der Waals surface area contributed by atoms with Crippen molar-refractivity contribution >= 4 is 40.6 Å². The van der Waals surface area contributed by atoms with Crippen molar-refractivity contribution < 1.29 is 42.2 Å². The molecule has 5 amide bonds. The maximum atomic E-state index is 14.2. The lowest BCUT2D eigenvalue weighted by molar-refractivity contribution is -0.140. The molecule has 2 saturated heterocycles. The summed E-state index contributed by atoms with van der Waals surface area (Å²) < 4.78 is 39.3. The molecule has 1 aliphatic carbocycles. The van der Waals surface area contributed by atoms with Gasteiger partial charge in [-0.05, 0) is 44.6 Å². The Morgan fingerprint density at radius 2 is 1.64 bits per heavy atom. The van der Waals surface area contributed by atoms with Crippen LogP contribution in [0.4, 0.5) is 13.6 Å². The highest BCUT2D eigenvalue weighted by atomic mass is 19.2. The zero-order chi connectivity index (χ0) is 33.5. The highest BCUT2D eigenvalue weighted by Crippen LogP contribution is 2.29. The first-order valence-corrected chi connectivity index (χ1v) is 16.1. The summed E-state index contributed by atoms with van der Waals surface area (Å²) in [5, 5.41) is 5.51. The number of unbranched alkanes of at least 4 members (excludes halogenated alkanes) is 1. The maximum absolute atomic E-state index is 14.2. The molecule has 0 radical (unpaired) electrons. The summed E-state index contributed by atoms with van der Waals surface area (Å²) in [6, 6.07) is 2.39. The molecule has 1 aromatic carbocycles. The summed E-state index contributed by atoms with van der Waals surface area (Å²) in [5.74, 6) is -4.26. The number of likely N-dealkylation sites (tertiary alicyclic amines) is 1. The van der Waals surface area contributed by atoms with Gasteiger partial charge >= 0.3 is 6.09 Å². The van der Waals surface area contributed by atoms with Gasteiger partial charge in [0.2, 0.25) is 11.8 Å². The van der Waals surface area contributed by atoms with Crippen molar-refractivity contribution in [3.05, 3.63) is 35.5 Å². The standard InChI is InChI=1S/C32H40F2N6O7/c1-2-3-14-46-32(45)39-12-10-38(11-13-39)28(41)18-35-30(43)25-17-27(21-15-22(33)23(34)16-24(21)37-25)47-19-29(42)40-9-5-8-26(40)31(44)36-20-6-4-7-20/h15-17,20,26H,2-14,18-19H2,1H3,(H,35,43)(H,36,44). The average Bonchev–Trinajstić information content (AvgIpc) is 3.55. The fourth-order valence-electron chi connectivity index (χ4n) is 5.73. The first-order chi connectivity index (χ1) is 22.6. The molecule has 47 heavy (non-hydrogen) atoms. The number of benzene rings is 1. The van der Waals surface area contributed by atoms with E-state index in [1.807, 2.05) is 6.92 Å². The summed E-state index contributed by atoms with van der Waals surface area (Å²) in [6.45, 7) is 2.95. The van der Waals surface area contributed by atoms with Crippen LogP contribution in [0.15, 0.2) is 18.2 Å². The normalized spacial score (nSPS) is 18.1. The first kappa shape index (κ1) is 33.8. The Morgan fingerprint density at radius 3 is 2.34 bits per heavy atom. The van der Waals surface area contributed by atoms with E-state index >= 15 is 0 Å². The van der Waals surface area contributed by atoms with Gasteiger partial charge in [-0.3, -0.25) is 19.2 Å². The number of pyridine rings is 1. The number of nitrogens with one attached hydrogen (secondary N) is 2. The topological polar surface area (TPSA) is 150 Å². The van der Waals surface area contributed by atoms with Crippen LogP contribution < -0.4 is 15.4 Å². The molecule has 3 aliphatic rings. The van der Waals surface area contributed by atoms with Crippen molar-refractivity contribution in [1.82, 2.24) is 30.3 Å². The van der Waals surface area contributed by atoms with E-state index < -0.39 is 42.2 Å². The van der Waals surface area contributed by atoms with E-state index in [4.69, 9.17) is 9.47 Å². The third kappa shape index (κ3) is 8.24. The minimum atomic E-state index is -1.19. The van der Waals surface area contributed by atoms with Gasteiger partial charge in [0.1, 0.15) is 17.5 Å². The molecule has 2 N–H and O–H groups in total. The van der Waals surface area contributed by atoms with Crippen LogP contribution in [0.25, 0.3) is 10.9 Å². The van der Waals surface area contributed by atoms with Crippen molar-refractivity contribution in [3.8, 4) is 5.75 Å². The van der Waals surface area contributed by atoms with Crippen molar-refractivity contribution in [2.24, 2.45) is 0 Å². The molecule has 254 valence electrons. The number of carbonyl (C=O) groups is 5. The van der Waals surface area contributed by atoms with E-state index in [2.05, 4.69) is 15.6 Å². The van der Waals surface area contributed by atoms with Crippen LogP contribution in [0.2, 0.25) is 0 Å². The van der Waals surface area contributed by atoms with Crippen LogP contribution in [0.1, 0.15) is 62.4 Å². The quantitative estimate of drug-likeness (QED) is 0.350. The van der Waals surface area contributed by atoms with Crippen molar-refractivity contribution in [2.75, 3.05) is 52.5 Å². The summed E-state index contributed by atoms with van der Waals surface area (Å²) in [7, 11) is 0. The van der Waals surface area contributed by atoms with Crippen molar-refractivity contribution in [2.45, 2.75) is 64.0 Å². The Morgan fingerprint density at radius 1 is 0.915 bits per heavy atom. The van der Waals surface area contributed by atoms with Crippen LogP contribution >= 0.6 is 0 Å². The minimum Gasteiger partial charge on any atom is -0.483 e. The molecule has 5 rings (SSSR count). The number of piperazine rings is 1.